The molecule has 0 amide bonds. The van der Waals surface area contributed by atoms with Crippen LogP contribution < -0.4 is 5.63 Å². The number of fused-ring (bicyclic) bond motifs is 1. The van der Waals surface area contributed by atoms with Gasteiger partial charge in [0.2, 0.25) is 5.17 Å². The average molecular weight is 407 g/mol. The fourth-order valence-electron chi connectivity index (χ4n) is 2.71. The van der Waals surface area contributed by atoms with Gasteiger partial charge in [-0.15, -0.1) is 5.10 Å². The number of hydrogen-bond donors (Lipinski definition) is 0. The third-order valence-corrected chi connectivity index (χ3v) is 5.28. The molecule has 0 N–H and O–H groups in total. The number of nitrogens with zero attached hydrogens (tertiary/aromatic N) is 4. The van der Waals surface area contributed by atoms with Crippen LogP contribution in [-0.4, -0.2) is 26.4 Å². The van der Waals surface area contributed by atoms with Crippen LogP contribution in [0, 0.1) is 13.8 Å². The zero-order valence-corrected chi connectivity index (χ0v) is 16.1. The van der Waals surface area contributed by atoms with Crippen LogP contribution in [0.1, 0.15) is 17.0 Å². The second kappa shape index (κ2) is 6.57. The molecule has 3 aromatic rings. The van der Waals surface area contributed by atoms with Crippen LogP contribution in [0.25, 0.3) is 11.0 Å². The van der Waals surface area contributed by atoms with Crippen molar-refractivity contribution < 1.29 is 4.42 Å². The molecule has 132 valence electrons. The van der Waals surface area contributed by atoms with Gasteiger partial charge < -0.3 is 4.42 Å². The van der Waals surface area contributed by atoms with E-state index >= 15 is 0 Å². The number of aryl methyl sites for hydroxylation is 2. The van der Waals surface area contributed by atoms with E-state index < -0.39 is 5.63 Å². The van der Waals surface area contributed by atoms with E-state index in [2.05, 4.69) is 15.3 Å². The standard InChI is InChI=1S/C17H12Cl2N4O2S/c1-8-3-9(2)23(22-8)17-21-20-14(7-26-17)12-5-10-4-11(18)6-13(19)15(10)25-16(12)24/h3-6H,7H2,1-2H3. The Hall–Kier alpha value is -2.09. The fraction of sp³-hybridized carbons (Fsp3) is 0.176. The summed E-state index contributed by atoms with van der Waals surface area (Å²) < 4.78 is 7.10. The molecule has 1 aliphatic heterocycles. The van der Waals surface area contributed by atoms with Crippen molar-refractivity contribution in [3.05, 3.63) is 61.7 Å². The first-order valence-electron chi connectivity index (χ1n) is 7.66. The molecule has 26 heavy (non-hydrogen) atoms. The first-order valence-corrected chi connectivity index (χ1v) is 9.41. The monoisotopic (exact) mass is 406 g/mol. The Kier molecular flexibility index (Phi) is 4.38. The first-order chi connectivity index (χ1) is 12.4. The molecule has 0 fully saturated rings. The largest absolute Gasteiger partial charge is 0.421 e. The minimum absolute atomic E-state index is 0.293. The van der Waals surface area contributed by atoms with Gasteiger partial charge in [-0.1, -0.05) is 35.0 Å². The number of aromatic nitrogens is 2. The van der Waals surface area contributed by atoms with E-state index in [-0.39, 0.29) is 0 Å². The van der Waals surface area contributed by atoms with Crippen LogP contribution in [0.15, 0.2) is 43.7 Å². The van der Waals surface area contributed by atoms with Gasteiger partial charge in [0.1, 0.15) is 0 Å². The number of halogens is 2. The highest BCUT2D eigenvalue weighted by molar-refractivity contribution is 8.14. The number of benzene rings is 1. The number of rotatable bonds is 1. The van der Waals surface area contributed by atoms with Crippen LogP contribution in [0.4, 0.5) is 0 Å². The Morgan fingerprint density at radius 2 is 1.96 bits per heavy atom. The summed E-state index contributed by atoms with van der Waals surface area (Å²) in [5.41, 5.74) is 2.56. The maximum absolute atomic E-state index is 12.4. The SMILES string of the molecule is Cc1cc(C)n(C2=NN=C(c3cc4cc(Cl)cc(Cl)c4oc3=O)CS2)n1. The van der Waals surface area contributed by atoms with E-state index in [0.29, 0.717) is 43.2 Å². The highest BCUT2D eigenvalue weighted by Gasteiger charge is 2.20. The van der Waals surface area contributed by atoms with Crippen LogP contribution >= 0.6 is 35.0 Å². The van der Waals surface area contributed by atoms with Gasteiger partial charge in [0, 0.05) is 21.9 Å². The van der Waals surface area contributed by atoms with Gasteiger partial charge >= 0.3 is 5.63 Å². The molecule has 0 saturated heterocycles. The second-order valence-electron chi connectivity index (χ2n) is 5.81. The zero-order valence-electron chi connectivity index (χ0n) is 13.8. The van der Waals surface area contributed by atoms with Gasteiger partial charge in [0.05, 0.1) is 22.0 Å². The number of thioether (sulfide) groups is 1. The summed E-state index contributed by atoms with van der Waals surface area (Å²) in [5, 5.41) is 14.9. The molecule has 2 aromatic heterocycles. The zero-order chi connectivity index (χ0) is 18.4. The smallest absolute Gasteiger partial charge is 0.345 e. The van der Waals surface area contributed by atoms with E-state index in [1.165, 1.54) is 17.8 Å². The van der Waals surface area contributed by atoms with Crippen molar-refractivity contribution in [2.24, 2.45) is 10.2 Å². The normalized spacial score (nSPS) is 14.5. The molecule has 3 heterocycles. The predicted molar refractivity (Wildman–Crippen MR) is 106 cm³/mol. The highest BCUT2D eigenvalue weighted by atomic mass is 35.5. The van der Waals surface area contributed by atoms with E-state index in [0.717, 1.165) is 11.4 Å². The molecule has 0 spiro atoms. The molecule has 6 nitrogen and oxygen atoms in total. The summed E-state index contributed by atoms with van der Waals surface area (Å²) in [6.45, 7) is 3.87. The minimum atomic E-state index is -0.508. The lowest BCUT2D eigenvalue weighted by molar-refractivity contribution is 0.559. The summed E-state index contributed by atoms with van der Waals surface area (Å²) in [7, 11) is 0. The molecule has 0 atom stereocenters. The molecule has 1 aromatic carbocycles. The summed E-state index contributed by atoms with van der Waals surface area (Å²) in [6, 6.07) is 6.87. The second-order valence-corrected chi connectivity index (χ2v) is 7.60. The molecule has 0 aliphatic carbocycles. The predicted octanol–water partition coefficient (Wildman–Crippen LogP) is 4.27. The Bertz CT molecular complexity index is 1160. The Labute approximate surface area is 162 Å². The lowest BCUT2D eigenvalue weighted by Gasteiger charge is -2.12. The topological polar surface area (TPSA) is 72.8 Å². The summed E-state index contributed by atoms with van der Waals surface area (Å²) >= 11 is 13.6. The van der Waals surface area contributed by atoms with Crippen LogP contribution in [0.2, 0.25) is 10.0 Å². The summed E-state index contributed by atoms with van der Waals surface area (Å²) in [5.74, 6) is 0.474. The van der Waals surface area contributed by atoms with E-state index in [9.17, 15) is 4.79 Å². The Balaban J connectivity index is 1.78. The van der Waals surface area contributed by atoms with Crippen LogP contribution in [-0.2, 0) is 0 Å². The van der Waals surface area contributed by atoms with Crippen molar-refractivity contribution in [2.45, 2.75) is 13.8 Å². The van der Waals surface area contributed by atoms with Crippen molar-refractivity contribution in [1.29, 1.82) is 0 Å². The third-order valence-electron chi connectivity index (χ3n) is 3.85. The lowest BCUT2D eigenvalue weighted by atomic mass is 10.1. The first kappa shape index (κ1) is 17.3. The molecule has 0 unspecified atom stereocenters. The highest BCUT2D eigenvalue weighted by Crippen LogP contribution is 2.28. The molecule has 1 aliphatic rings. The van der Waals surface area contributed by atoms with Crippen molar-refractivity contribution in [1.82, 2.24) is 9.78 Å². The minimum Gasteiger partial charge on any atom is -0.421 e. The van der Waals surface area contributed by atoms with Crippen LogP contribution in [0.3, 0.4) is 0 Å². The van der Waals surface area contributed by atoms with Crippen molar-refractivity contribution >= 4 is 56.8 Å². The Morgan fingerprint density at radius 1 is 1.15 bits per heavy atom. The molecular weight excluding hydrogens is 395 g/mol. The molecule has 0 radical (unpaired) electrons. The summed E-state index contributed by atoms with van der Waals surface area (Å²) in [6.07, 6.45) is 0. The van der Waals surface area contributed by atoms with Gasteiger partial charge in [-0.05, 0) is 38.1 Å². The van der Waals surface area contributed by atoms with Gasteiger partial charge in [0.15, 0.2) is 5.58 Å². The summed E-state index contributed by atoms with van der Waals surface area (Å²) in [4.78, 5) is 12.4. The maximum Gasteiger partial charge on any atom is 0.345 e. The maximum atomic E-state index is 12.4. The van der Waals surface area contributed by atoms with Crippen LogP contribution in [0.5, 0.6) is 0 Å². The van der Waals surface area contributed by atoms with Gasteiger partial charge in [-0.25, -0.2) is 9.48 Å². The van der Waals surface area contributed by atoms with Crippen molar-refractivity contribution in [2.75, 3.05) is 5.75 Å². The van der Waals surface area contributed by atoms with Gasteiger partial charge in [-0.2, -0.15) is 10.2 Å². The number of hydrogen-bond acceptors (Lipinski definition) is 6. The van der Waals surface area contributed by atoms with E-state index in [4.69, 9.17) is 27.6 Å². The van der Waals surface area contributed by atoms with E-state index in [1.807, 2.05) is 19.9 Å². The quantitative estimate of drug-likeness (QED) is 0.565. The van der Waals surface area contributed by atoms with E-state index in [1.54, 1.807) is 16.8 Å². The van der Waals surface area contributed by atoms with Gasteiger partial charge in [-0.3, -0.25) is 0 Å². The lowest BCUT2D eigenvalue weighted by Crippen LogP contribution is -2.22. The van der Waals surface area contributed by atoms with Gasteiger partial charge in [0.25, 0.3) is 0 Å². The molecule has 0 bridgehead atoms. The van der Waals surface area contributed by atoms with Crippen molar-refractivity contribution in [3.8, 4) is 0 Å². The molecular formula is C17H12Cl2N4O2S. The average Bonchev–Trinajstić information content (AvgIpc) is 2.94. The molecule has 0 saturated carbocycles. The third kappa shape index (κ3) is 3.06. The van der Waals surface area contributed by atoms with Crippen molar-refractivity contribution in [3.63, 3.8) is 0 Å². The Morgan fingerprint density at radius 3 is 2.62 bits per heavy atom. The molecule has 9 heteroatoms. The fourth-order valence-corrected chi connectivity index (χ4v) is 4.14. The molecule has 4 rings (SSSR count).